The normalized spacial score (nSPS) is 15.3. The quantitative estimate of drug-likeness (QED) is 0.822. The number of rotatable bonds is 6. The predicted octanol–water partition coefficient (Wildman–Crippen LogP) is 2.64. The molecule has 0 aromatic heterocycles. The molecule has 1 aliphatic heterocycles. The Labute approximate surface area is 159 Å². The van der Waals surface area contributed by atoms with E-state index < -0.39 is 5.91 Å². The molecule has 0 bridgehead atoms. The molecule has 1 saturated heterocycles. The number of piperidine rings is 1. The average molecular weight is 367 g/mol. The van der Waals surface area contributed by atoms with Gasteiger partial charge in [0.25, 0.3) is 0 Å². The molecule has 0 unspecified atom stereocenters. The fourth-order valence-corrected chi connectivity index (χ4v) is 3.34. The summed E-state index contributed by atoms with van der Waals surface area (Å²) in [5.41, 5.74) is 7.56. The Morgan fingerprint density at radius 2 is 1.85 bits per heavy atom. The second kappa shape index (κ2) is 8.68. The third-order valence-corrected chi connectivity index (χ3v) is 4.94. The van der Waals surface area contributed by atoms with Gasteiger partial charge < -0.3 is 15.8 Å². The minimum absolute atomic E-state index is 0.00220. The summed E-state index contributed by atoms with van der Waals surface area (Å²) in [4.78, 5) is 26.0. The number of carbonyl (C=O) groups excluding carboxylic acids is 2. The number of likely N-dealkylation sites (tertiary alicyclic amines) is 1. The van der Waals surface area contributed by atoms with Gasteiger partial charge in [0.05, 0.1) is 7.11 Å². The largest absolute Gasteiger partial charge is 0.497 e. The van der Waals surface area contributed by atoms with Crippen molar-refractivity contribution in [3.8, 4) is 5.75 Å². The topological polar surface area (TPSA) is 84.7 Å². The second-order valence-electron chi connectivity index (χ2n) is 6.83. The molecule has 0 saturated carbocycles. The second-order valence-corrected chi connectivity index (χ2v) is 6.83. The highest BCUT2D eigenvalue weighted by molar-refractivity contribution is 5.95. The van der Waals surface area contributed by atoms with Crippen molar-refractivity contribution in [2.24, 2.45) is 11.7 Å². The number of carbonyl (C=O) groups is 2. The monoisotopic (exact) mass is 367 g/mol. The van der Waals surface area contributed by atoms with Gasteiger partial charge in [0.15, 0.2) is 0 Å². The SMILES string of the molecule is COc1cccc(CN2CCC(C(=O)Nc3ccc(C(N)=O)cc3)CC2)c1. The molecule has 3 N–H and O–H groups in total. The van der Waals surface area contributed by atoms with Gasteiger partial charge in [-0.05, 0) is 67.9 Å². The van der Waals surface area contributed by atoms with Crippen LogP contribution in [0.3, 0.4) is 0 Å². The van der Waals surface area contributed by atoms with Crippen molar-refractivity contribution in [1.82, 2.24) is 4.90 Å². The van der Waals surface area contributed by atoms with E-state index in [-0.39, 0.29) is 11.8 Å². The summed E-state index contributed by atoms with van der Waals surface area (Å²) in [7, 11) is 1.67. The van der Waals surface area contributed by atoms with Crippen LogP contribution in [0.4, 0.5) is 5.69 Å². The summed E-state index contributed by atoms with van der Waals surface area (Å²) in [6.45, 7) is 2.63. The molecule has 6 nitrogen and oxygen atoms in total. The fraction of sp³-hybridized carbons (Fsp3) is 0.333. The number of methoxy groups -OCH3 is 1. The molecule has 142 valence electrons. The first-order valence-electron chi connectivity index (χ1n) is 9.11. The molecule has 2 aromatic rings. The molecule has 1 fully saturated rings. The Kier molecular flexibility index (Phi) is 6.08. The molecular formula is C21H25N3O3. The Morgan fingerprint density at radius 1 is 1.15 bits per heavy atom. The van der Waals surface area contributed by atoms with Gasteiger partial charge in [0, 0.05) is 23.7 Å². The molecule has 0 spiro atoms. The highest BCUT2D eigenvalue weighted by Crippen LogP contribution is 2.22. The summed E-state index contributed by atoms with van der Waals surface area (Å²) >= 11 is 0. The lowest BCUT2D eigenvalue weighted by Crippen LogP contribution is -2.37. The van der Waals surface area contributed by atoms with Crippen LogP contribution in [-0.2, 0) is 11.3 Å². The summed E-state index contributed by atoms with van der Waals surface area (Å²) in [6, 6.07) is 14.7. The van der Waals surface area contributed by atoms with E-state index in [0.717, 1.165) is 38.2 Å². The highest BCUT2D eigenvalue weighted by Gasteiger charge is 2.25. The van der Waals surface area contributed by atoms with Crippen LogP contribution in [0.5, 0.6) is 5.75 Å². The average Bonchev–Trinajstić information content (AvgIpc) is 2.69. The number of benzene rings is 2. The van der Waals surface area contributed by atoms with Crippen molar-refractivity contribution in [2.75, 3.05) is 25.5 Å². The van der Waals surface area contributed by atoms with Crippen LogP contribution in [0, 0.1) is 5.92 Å². The van der Waals surface area contributed by atoms with Gasteiger partial charge in [-0.3, -0.25) is 14.5 Å². The lowest BCUT2D eigenvalue weighted by atomic mass is 9.95. The van der Waals surface area contributed by atoms with Crippen LogP contribution >= 0.6 is 0 Å². The van der Waals surface area contributed by atoms with Gasteiger partial charge in [0.1, 0.15) is 5.75 Å². The minimum Gasteiger partial charge on any atom is -0.497 e. The van der Waals surface area contributed by atoms with E-state index in [2.05, 4.69) is 22.3 Å². The summed E-state index contributed by atoms with van der Waals surface area (Å²) < 4.78 is 5.27. The maximum absolute atomic E-state index is 12.5. The zero-order valence-corrected chi connectivity index (χ0v) is 15.5. The predicted molar refractivity (Wildman–Crippen MR) is 105 cm³/mol. The van der Waals surface area contributed by atoms with E-state index in [0.29, 0.717) is 11.3 Å². The zero-order valence-electron chi connectivity index (χ0n) is 15.5. The number of primary amides is 1. The Hall–Kier alpha value is -2.86. The number of amides is 2. The summed E-state index contributed by atoms with van der Waals surface area (Å²) in [5.74, 6) is 0.422. The lowest BCUT2D eigenvalue weighted by Gasteiger charge is -2.31. The van der Waals surface area contributed by atoms with Crippen molar-refractivity contribution in [3.05, 3.63) is 59.7 Å². The maximum Gasteiger partial charge on any atom is 0.248 e. The number of nitrogens with zero attached hydrogens (tertiary/aromatic N) is 1. The summed E-state index contributed by atoms with van der Waals surface area (Å²) in [5, 5.41) is 2.93. The van der Waals surface area contributed by atoms with Gasteiger partial charge in [-0.25, -0.2) is 0 Å². The molecule has 1 heterocycles. The first-order valence-corrected chi connectivity index (χ1v) is 9.11. The van der Waals surface area contributed by atoms with Crippen LogP contribution in [0.2, 0.25) is 0 Å². The van der Waals surface area contributed by atoms with Crippen molar-refractivity contribution in [1.29, 1.82) is 0 Å². The molecule has 0 aliphatic carbocycles. The smallest absolute Gasteiger partial charge is 0.248 e. The molecule has 6 heteroatoms. The molecule has 2 amide bonds. The van der Waals surface area contributed by atoms with Crippen LogP contribution in [-0.4, -0.2) is 36.9 Å². The van der Waals surface area contributed by atoms with E-state index >= 15 is 0 Å². The van der Waals surface area contributed by atoms with Crippen LogP contribution in [0.25, 0.3) is 0 Å². The number of hydrogen-bond donors (Lipinski definition) is 2. The first-order chi connectivity index (χ1) is 13.0. The van der Waals surface area contributed by atoms with Gasteiger partial charge in [0.2, 0.25) is 11.8 Å². The lowest BCUT2D eigenvalue weighted by molar-refractivity contribution is -0.121. The van der Waals surface area contributed by atoms with E-state index in [9.17, 15) is 9.59 Å². The van der Waals surface area contributed by atoms with Crippen molar-refractivity contribution >= 4 is 17.5 Å². The van der Waals surface area contributed by atoms with Gasteiger partial charge in [-0.1, -0.05) is 12.1 Å². The molecule has 1 aliphatic rings. The van der Waals surface area contributed by atoms with Crippen molar-refractivity contribution < 1.29 is 14.3 Å². The molecular weight excluding hydrogens is 342 g/mol. The van der Waals surface area contributed by atoms with Crippen molar-refractivity contribution in [2.45, 2.75) is 19.4 Å². The van der Waals surface area contributed by atoms with Gasteiger partial charge >= 0.3 is 0 Å². The molecule has 2 aromatic carbocycles. The molecule has 0 radical (unpaired) electrons. The molecule has 0 atom stereocenters. The zero-order chi connectivity index (χ0) is 19.2. The third kappa shape index (κ3) is 5.08. The Morgan fingerprint density at radius 3 is 2.48 bits per heavy atom. The number of nitrogens with two attached hydrogens (primary N) is 1. The maximum atomic E-state index is 12.5. The van der Waals surface area contributed by atoms with E-state index in [4.69, 9.17) is 10.5 Å². The Bertz CT molecular complexity index is 797. The van der Waals surface area contributed by atoms with Crippen LogP contribution in [0.1, 0.15) is 28.8 Å². The Balaban J connectivity index is 1.49. The number of nitrogens with one attached hydrogen (secondary N) is 1. The van der Waals surface area contributed by atoms with Crippen LogP contribution in [0.15, 0.2) is 48.5 Å². The molecule has 27 heavy (non-hydrogen) atoms. The molecule has 3 rings (SSSR count). The van der Waals surface area contributed by atoms with Gasteiger partial charge in [-0.2, -0.15) is 0 Å². The number of ether oxygens (including phenoxy) is 1. The third-order valence-electron chi connectivity index (χ3n) is 4.94. The van der Waals surface area contributed by atoms with Crippen LogP contribution < -0.4 is 15.8 Å². The van der Waals surface area contributed by atoms with E-state index in [1.165, 1.54) is 5.56 Å². The fourth-order valence-electron chi connectivity index (χ4n) is 3.34. The van der Waals surface area contributed by atoms with Crippen molar-refractivity contribution in [3.63, 3.8) is 0 Å². The number of anilines is 1. The van der Waals surface area contributed by atoms with Gasteiger partial charge in [-0.15, -0.1) is 0 Å². The van der Waals surface area contributed by atoms with E-state index in [1.54, 1.807) is 31.4 Å². The minimum atomic E-state index is -0.476. The number of hydrogen-bond acceptors (Lipinski definition) is 4. The summed E-state index contributed by atoms with van der Waals surface area (Å²) in [6.07, 6.45) is 1.66. The standard InChI is InChI=1S/C21H25N3O3/c1-27-19-4-2-3-15(13-19)14-24-11-9-17(10-12-24)21(26)23-18-7-5-16(6-8-18)20(22)25/h2-8,13,17H,9-12,14H2,1H3,(H2,22,25)(H,23,26). The highest BCUT2D eigenvalue weighted by atomic mass is 16.5. The first kappa shape index (κ1) is 18.9. The van der Waals surface area contributed by atoms with E-state index in [1.807, 2.05) is 12.1 Å².